The average Bonchev–Trinajstić information content (AvgIpc) is 2.03. The first-order valence-corrected chi connectivity index (χ1v) is 4.12. The van der Waals surface area contributed by atoms with Crippen molar-refractivity contribution < 1.29 is 10.2 Å². The van der Waals surface area contributed by atoms with Crippen LogP contribution < -0.4 is 0 Å². The molecular formula is C9H11ClO2. The fraction of sp³-hybridized carbons (Fsp3) is 0.333. The lowest BCUT2D eigenvalue weighted by Crippen LogP contribution is -1.98. The third kappa shape index (κ3) is 1.90. The van der Waals surface area contributed by atoms with Gasteiger partial charge >= 0.3 is 0 Å². The molecule has 0 aliphatic carbocycles. The van der Waals surface area contributed by atoms with Crippen LogP contribution in [0.2, 0.25) is 5.02 Å². The van der Waals surface area contributed by atoms with Gasteiger partial charge in [0.15, 0.2) is 0 Å². The van der Waals surface area contributed by atoms with Crippen molar-refractivity contribution in [2.75, 3.05) is 6.61 Å². The minimum Gasteiger partial charge on any atom is -0.508 e. The Morgan fingerprint density at radius 1 is 1.50 bits per heavy atom. The van der Waals surface area contributed by atoms with Crippen LogP contribution in [0.1, 0.15) is 18.4 Å². The van der Waals surface area contributed by atoms with Crippen LogP contribution in [0.3, 0.4) is 0 Å². The van der Waals surface area contributed by atoms with Gasteiger partial charge in [-0.2, -0.15) is 0 Å². The number of aliphatic hydroxyl groups is 1. The second-order valence-corrected chi connectivity index (χ2v) is 3.22. The van der Waals surface area contributed by atoms with Crippen LogP contribution in [0, 0.1) is 0 Å². The second kappa shape index (κ2) is 3.78. The van der Waals surface area contributed by atoms with Gasteiger partial charge in [0.1, 0.15) is 5.75 Å². The number of aliphatic hydroxyl groups excluding tert-OH is 1. The van der Waals surface area contributed by atoms with Crippen LogP contribution in [0.5, 0.6) is 5.75 Å². The molecule has 66 valence electrons. The molecule has 12 heavy (non-hydrogen) atoms. The zero-order valence-electron chi connectivity index (χ0n) is 6.79. The first kappa shape index (κ1) is 9.36. The molecule has 1 aromatic carbocycles. The monoisotopic (exact) mass is 186 g/mol. The minimum atomic E-state index is -0.0535. The van der Waals surface area contributed by atoms with Crippen molar-refractivity contribution in [3.63, 3.8) is 0 Å². The Hall–Kier alpha value is -0.730. The highest BCUT2D eigenvalue weighted by Crippen LogP contribution is 2.27. The molecule has 0 amide bonds. The summed E-state index contributed by atoms with van der Waals surface area (Å²) in [5.74, 6) is 0.0892. The van der Waals surface area contributed by atoms with E-state index in [1.54, 1.807) is 12.1 Å². The molecule has 0 aliphatic rings. The molecule has 3 heteroatoms. The van der Waals surface area contributed by atoms with Crippen LogP contribution in [-0.4, -0.2) is 16.8 Å². The van der Waals surface area contributed by atoms with Crippen molar-refractivity contribution in [1.82, 2.24) is 0 Å². The van der Waals surface area contributed by atoms with E-state index in [0.717, 1.165) is 5.56 Å². The summed E-state index contributed by atoms with van der Waals surface area (Å²) in [6.45, 7) is 1.86. The molecule has 0 aromatic heterocycles. The third-order valence-electron chi connectivity index (χ3n) is 1.80. The fourth-order valence-electron chi connectivity index (χ4n) is 1.03. The van der Waals surface area contributed by atoms with Crippen LogP contribution in [0.25, 0.3) is 0 Å². The highest BCUT2D eigenvalue weighted by Gasteiger charge is 2.08. The molecule has 0 saturated heterocycles. The SMILES string of the molecule is CC(CO)c1ccc(Cl)cc1O. The molecule has 0 fully saturated rings. The molecule has 1 unspecified atom stereocenters. The van der Waals surface area contributed by atoms with Gasteiger partial charge in [-0.15, -0.1) is 0 Å². The quantitative estimate of drug-likeness (QED) is 0.743. The lowest BCUT2D eigenvalue weighted by Gasteiger charge is -2.09. The number of phenols is 1. The largest absolute Gasteiger partial charge is 0.508 e. The summed E-state index contributed by atoms with van der Waals surface area (Å²) in [4.78, 5) is 0. The van der Waals surface area contributed by atoms with E-state index in [0.29, 0.717) is 5.02 Å². The van der Waals surface area contributed by atoms with Gasteiger partial charge in [0, 0.05) is 17.5 Å². The third-order valence-corrected chi connectivity index (χ3v) is 2.03. The zero-order chi connectivity index (χ0) is 9.14. The van der Waals surface area contributed by atoms with Crippen molar-refractivity contribution in [2.24, 2.45) is 0 Å². The van der Waals surface area contributed by atoms with Gasteiger partial charge in [0.2, 0.25) is 0 Å². The summed E-state index contributed by atoms with van der Waals surface area (Å²) in [5.41, 5.74) is 0.724. The number of rotatable bonds is 2. The highest BCUT2D eigenvalue weighted by molar-refractivity contribution is 6.30. The summed E-state index contributed by atoms with van der Waals surface area (Å²) in [6.07, 6.45) is 0. The Kier molecular flexibility index (Phi) is 2.95. The van der Waals surface area contributed by atoms with Gasteiger partial charge in [0.05, 0.1) is 0 Å². The van der Waals surface area contributed by atoms with E-state index < -0.39 is 0 Å². The normalized spacial score (nSPS) is 12.9. The van der Waals surface area contributed by atoms with Gasteiger partial charge in [0.25, 0.3) is 0 Å². The van der Waals surface area contributed by atoms with E-state index in [-0.39, 0.29) is 18.3 Å². The van der Waals surface area contributed by atoms with E-state index in [1.165, 1.54) is 6.07 Å². The number of halogens is 1. The number of hydrogen-bond donors (Lipinski definition) is 2. The molecule has 1 atom stereocenters. The van der Waals surface area contributed by atoms with E-state index in [2.05, 4.69) is 0 Å². The fourth-order valence-corrected chi connectivity index (χ4v) is 1.20. The van der Waals surface area contributed by atoms with E-state index in [4.69, 9.17) is 16.7 Å². The van der Waals surface area contributed by atoms with Crippen LogP contribution in [0.15, 0.2) is 18.2 Å². The number of hydrogen-bond acceptors (Lipinski definition) is 2. The summed E-state index contributed by atoms with van der Waals surface area (Å²) in [7, 11) is 0. The first-order valence-electron chi connectivity index (χ1n) is 3.74. The summed E-state index contributed by atoms with van der Waals surface area (Å²) in [6, 6.07) is 4.89. The Labute approximate surface area is 76.4 Å². The number of benzene rings is 1. The molecule has 1 rings (SSSR count). The lowest BCUT2D eigenvalue weighted by atomic mass is 10.0. The van der Waals surface area contributed by atoms with Gasteiger partial charge in [-0.05, 0) is 17.7 Å². The van der Waals surface area contributed by atoms with E-state index in [1.807, 2.05) is 6.92 Å². The topological polar surface area (TPSA) is 40.5 Å². The summed E-state index contributed by atoms with van der Waals surface area (Å²) in [5, 5.41) is 18.7. The highest BCUT2D eigenvalue weighted by atomic mass is 35.5. The van der Waals surface area contributed by atoms with E-state index >= 15 is 0 Å². The molecule has 0 saturated carbocycles. The molecule has 2 N–H and O–H groups in total. The molecule has 0 bridgehead atoms. The average molecular weight is 187 g/mol. The summed E-state index contributed by atoms with van der Waals surface area (Å²) >= 11 is 5.64. The maximum Gasteiger partial charge on any atom is 0.120 e. The van der Waals surface area contributed by atoms with Crippen molar-refractivity contribution >= 4 is 11.6 Å². The van der Waals surface area contributed by atoms with Gasteiger partial charge < -0.3 is 10.2 Å². The van der Waals surface area contributed by atoms with Gasteiger partial charge in [-0.25, -0.2) is 0 Å². The molecule has 0 heterocycles. The number of aromatic hydroxyl groups is 1. The Bertz CT molecular complexity index is 273. The zero-order valence-corrected chi connectivity index (χ0v) is 7.54. The molecule has 0 radical (unpaired) electrons. The van der Waals surface area contributed by atoms with E-state index in [9.17, 15) is 5.11 Å². The predicted octanol–water partition coefficient (Wildman–Crippen LogP) is 2.14. The molecular weight excluding hydrogens is 176 g/mol. The minimum absolute atomic E-state index is 0.0230. The summed E-state index contributed by atoms with van der Waals surface area (Å²) < 4.78 is 0. The van der Waals surface area contributed by atoms with Crippen LogP contribution >= 0.6 is 11.6 Å². The second-order valence-electron chi connectivity index (χ2n) is 2.79. The Morgan fingerprint density at radius 3 is 2.67 bits per heavy atom. The smallest absolute Gasteiger partial charge is 0.120 e. The maximum atomic E-state index is 9.40. The molecule has 0 spiro atoms. The van der Waals surface area contributed by atoms with Crippen LogP contribution in [-0.2, 0) is 0 Å². The van der Waals surface area contributed by atoms with Crippen molar-refractivity contribution in [3.05, 3.63) is 28.8 Å². The van der Waals surface area contributed by atoms with Crippen molar-refractivity contribution in [1.29, 1.82) is 0 Å². The number of phenolic OH excluding ortho intramolecular Hbond substituents is 1. The molecule has 1 aromatic rings. The lowest BCUT2D eigenvalue weighted by molar-refractivity contribution is 0.270. The predicted molar refractivity (Wildman–Crippen MR) is 48.6 cm³/mol. The molecule has 2 nitrogen and oxygen atoms in total. The Morgan fingerprint density at radius 2 is 2.17 bits per heavy atom. The first-order chi connectivity index (χ1) is 5.65. The van der Waals surface area contributed by atoms with Gasteiger partial charge in [-0.3, -0.25) is 0 Å². The maximum absolute atomic E-state index is 9.40. The Balaban J connectivity index is 3.01. The molecule has 0 aliphatic heterocycles. The van der Waals surface area contributed by atoms with Crippen molar-refractivity contribution in [3.8, 4) is 5.75 Å². The van der Waals surface area contributed by atoms with Crippen molar-refractivity contribution in [2.45, 2.75) is 12.8 Å². The standard InChI is InChI=1S/C9H11ClO2/c1-6(5-11)8-3-2-7(10)4-9(8)12/h2-4,6,11-12H,5H2,1H3. The van der Waals surface area contributed by atoms with Gasteiger partial charge in [-0.1, -0.05) is 24.6 Å². The van der Waals surface area contributed by atoms with Crippen LogP contribution in [0.4, 0.5) is 0 Å².